The lowest BCUT2D eigenvalue weighted by atomic mass is 9.94. The van der Waals surface area contributed by atoms with Gasteiger partial charge < -0.3 is 4.90 Å². The van der Waals surface area contributed by atoms with E-state index in [1.165, 1.54) is 0 Å². The van der Waals surface area contributed by atoms with Gasteiger partial charge in [0.05, 0.1) is 11.6 Å². The van der Waals surface area contributed by atoms with Gasteiger partial charge in [-0.3, -0.25) is 14.8 Å². The number of nitrogens with zero attached hydrogens (tertiary/aromatic N) is 6. The minimum Gasteiger partial charge on any atom is -0.310 e. The third-order valence-corrected chi connectivity index (χ3v) is 6.19. The maximum atomic E-state index is 13.4. The lowest BCUT2D eigenvalue weighted by Crippen LogP contribution is -2.43. The highest BCUT2D eigenvalue weighted by atomic mass is 16.2. The predicted molar refractivity (Wildman–Crippen MR) is 118 cm³/mol. The maximum Gasteiger partial charge on any atom is 0.250 e. The van der Waals surface area contributed by atoms with E-state index in [0.29, 0.717) is 43.1 Å². The summed E-state index contributed by atoms with van der Waals surface area (Å²) in [5.41, 5.74) is 5.16. The molecule has 0 bridgehead atoms. The molecular weight excluding hydrogens is 402 g/mol. The number of nitrogens with one attached hydrogen (secondary N) is 1. The van der Waals surface area contributed by atoms with Gasteiger partial charge in [-0.25, -0.2) is 4.98 Å². The van der Waals surface area contributed by atoms with Crippen molar-refractivity contribution < 1.29 is 4.79 Å². The van der Waals surface area contributed by atoms with Crippen LogP contribution in [0.25, 0.3) is 22.5 Å². The number of rotatable bonds is 3. The molecular formula is C24H21N7O. The van der Waals surface area contributed by atoms with Crippen LogP contribution in [0, 0.1) is 29.7 Å². The fourth-order valence-corrected chi connectivity index (χ4v) is 4.67. The van der Waals surface area contributed by atoms with Gasteiger partial charge in [0, 0.05) is 24.3 Å². The van der Waals surface area contributed by atoms with Crippen LogP contribution in [0.5, 0.6) is 0 Å². The molecule has 0 aliphatic carbocycles. The summed E-state index contributed by atoms with van der Waals surface area (Å²) in [6.07, 6.45) is 4.40. The number of nitriles is 2. The smallest absolute Gasteiger partial charge is 0.250 e. The van der Waals surface area contributed by atoms with E-state index in [1.54, 1.807) is 15.9 Å². The number of hydrogen-bond acceptors (Lipinski definition) is 6. The van der Waals surface area contributed by atoms with Gasteiger partial charge in [-0.05, 0) is 67.1 Å². The molecule has 2 aliphatic heterocycles. The van der Waals surface area contributed by atoms with Crippen LogP contribution in [-0.2, 0) is 11.2 Å². The third-order valence-electron chi connectivity index (χ3n) is 6.19. The molecule has 3 heterocycles. The Morgan fingerprint density at radius 3 is 2.81 bits per heavy atom. The molecule has 3 aromatic rings. The van der Waals surface area contributed by atoms with Gasteiger partial charge in [0.1, 0.15) is 11.9 Å². The average Bonchev–Trinajstić information content (AvgIpc) is 3.57. The number of aromatic amines is 1. The number of hydrogen-bond donors (Lipinski definition) is 1. The van der Waals surface area contributed by atoms with Crippen LogP contribution in [0.2, 0.25) is 0 Å². The highest BCUT2D eigenvalue weighted by molar-refractivity contribution is 6.01. The zero-order chi connectivity index (χ0) is 22.2. The van der Waals surface area contributed by atoms with E-state index in [-0.39, 0.29) is 5.91 Å². The van der Waals surface area contributed by atoms with Gasteiger partial charge in [0.2, 0.25) is 5.91 Å². The summed E-state index contributed by atoms with van der Waals surface area (Å²) < 4.78 is 0. The number of carbonyl (C=O) groups excluding carboxylic acids is 1. The predicted octanol–water partition coefficient (Wildman–Crippen LogP) is 3.15. The lowest BCUT2D eigenvalue weighted by molar-refractivity contribution is -0.121. The maximum absolute atomic E-state index is 13.4. The number of benzene rings is 2. The second-order valence-corrected chi connectivity index (χ2v) is 8.15. The number of anilines is 1. The number of amides is 1. The number of fused-ring (bicyclic) bond motifs is 1. The molecule has 5 rings (SSSR count). The molecule has 0 radical (unpaired) electrons. The van der Waals surface area contributed by atoms with Crippen molar-refractivity contribution in [2.75, 3.05) is 18.0 Å². The number of carbonyl (C=O) groups is 1. The van der Waals surface area contributed by atoms with Crippen molar-refractivity contribution in [1.29, 1.82) is 10.5 Å². The molecule has 0 saturated carbocycles. The third kappa shape index (κ3) is 3.27. The van der Waals surface area contributed by atoms with Gasteiger partial charge in [0.15, 0.2) is 12.0 Å². The minimum atomic E-state index is -0.411. The first-order valence-electron chi connectivity index (χ1n) is 10.6. The van der Waals surface area contributed by atoms with Crippen molar-refractivity contribution in [3.63, 3.8) is 0 Å². The summed E-state index contributed by atoms with van der Waals surface area (Å²) in [6, 6.07) is 13.3. The molecule has 1 amide bonds. The monoisotopic (exact) mass is 423 g/mol. The highest BCUT2D eigenvalue weighted by Crippen LogP contribution is 2.40. The van der Waals surface area contributed by atoms with Crippen molar-refractivity contribution in [3.8, 4) is 34.8 Å². The van der Waals surface area contributed by atoms with Crippen LogP contribution in [0.4, 0.5) is 5.69 Å². The largest absolute Gasteiger partial charge is 0.310 e. The summed E-state index contributed by atoms with van der Waals surface area (Å²) in [5.74, 6) is 1.22. The summed E-state index contributed by atoms with van der Waals surface area (Å²) in [5, 5.41) is 26.0. The molecule has 158 valence electrons. The van der Waals surface area contributed by atoms with Gasteiger partial charge in [0.25, 0.3) is 0 Å². The van der Waals surface area contributed by atoms with Crippen LogP contribution in [0.15, 0.2) is 36.4 Å². The summed E-state index contributed by atoms with van der Waals surface area (Å²) in [7, 11) is 0. The quantitative estimate of drug-likeness (QED) is 0.648. The van der Waals surface area contributed by atoms with Gasteiger partial charge in [-0.1, -0.05) is 12.1 Å². The minimum absolute atomic E-state index is 0.0390. The molecule has 1 N–H and O–H groups in total. The number of aryl methyl sites for hydroxylation is 1. The summed E-state index contributed by atoms with van der Waals surface area (Å²) in [4.78, 5) is 21.3. The van der Waals surface area contributed by atoms with Crippen molar-refractivity contribution in [1.82, 2.24) is 20.1 Å². The average molecular weight is 423 g/mol. The number of H-pyrrole nitrogens is 1. The first kappa shape index (κ1) is 19.8. The Hall–Kier alpha value is -4.17. The van der Waals surface area contributed by atoms with E-state index >= 15 is 0 Å². The summed E-state index contributed by atoms with van der Waals surface area (Å²) >= 11 is 0. The van der Waals surface area contributed by atoms with E-state index in [9.17, 15) is 15.3 Å². The van der Waals surface area contributed by atoms with Gasteiger partial charge >= 0.3 is 0 Å². The van der Waals surface area contributed by atoms with Crippen molar-refractivity contribution in [2.24, 2.45) is 0 Å². The van der Waals surface area contributed by atoms with E-state index in [1.807, 2.05) is 37.3 Å². The van der Waals surface area contributed by atoms with E-state index in [0.717, 1.165) is 34.4 Å². The molecule has 2 aliphatic rings. The molecule has 8 heteroatoms. The molecule has 2 aromatic carbocycles. The molecule has 1 fully saturated rings. The van der Waals surface area contributed by atoms with Crippen LogP contribution in [0.1, 0.15) is 29.8 Å². The van der Waals surface area contributed by atoms with Crippen LogP contribution >= 0.6 is 0 Å². The fourth-order valence-electron chi connectivity index (χ4n) is 4.67. The first-order chi connectivity index (χ1) is 15.6. The van der Waals surface area contributed by atoms with Crippen LogP contribution in [0.3, 0.4) is 0 Å². The normalized spacial score (nSPS) is 17.2. The van der Waals surface area contributed by atoms with Crippen molar-refractivity contribution in [2.45, 2.75) is 32.2 Å². The Bertz CT molecular complexity index is 1300. The van der Waals surface area contributed by atoms with Crippen molar-refractivity contribution in [3.05, 3.63) is 53.3 Å². The zero-order valence-electron chi connectivity index (χ0n) is 17.7. The number of likely N-dealkylation sites (tertiary alicyclic amines) is 1. The Labute approximate surface area is 185 Å². The molecule has 1 aromatic heterocycles. The molecule has 0 unspecified atom stereocenters. The molecule has 32 heavy (non-hydrogen) atoms. The second-order valence-electron chi connectivity index (χ2n) is 8.15. The molecule has 1 saturated heterocycles. The molecule has 1 atom stereocenters. The highest BCUT2D eigenvalue weighted by Gasteiger charge is 2.37. The van der Waals surface area contributed by atoms with E-state index in [4.69, 9.17) is 0 Å². The van der Waals surface area contributed by atoms with Crippen molar-refractivity contribution >= 4 is 11.6 Å². The Morgan fingerprint density at radius 2 is 2.06 bits per heavy atom. The fraction of sp³-hybridized carbons (Fsp3) is 0.292. The Morgan fingerprint density at radius 1 is 1.19 bits per heavy atom. The molecule has 8 nitrogen and oxygen atoms in total. The summed E-state index contributed by atoms with van der Waals surface area (Å²) in [6.45, 7) is 3.02. The van der Waals surface area contributed by atoms with Crippen LogP contribution < -0.4 is 4.90 Å². The van der Waals surface area contributed by atoms with E-state index < -0.39 is 6.04 Å². The topological polar surface area (TPSA) is 113 Å². The second kappa shape index (κ2) is 7.82. The van der Waals surface area contributed by atoms with Gasteiger partial charge in [-0.2, -0.15) is 15.6 Å². The zero-order valence-corrected chi connectivity index (χ0v) is 17.7. The Balaban J connectivity index is 1.64. The standard InChI is InChI=1S/C24H21N7O/c1-15-27-23(29-28-15)18-11-20(17-5-2-4-16(10-17)13-25)19-7-9-31(22(19)12-18)24(32)21-6-3-8-30(21)14-26/h2,4-5,10-12,21H,3,6-9H2,1H3,(H,27,28,29)/t21-/m0/s1. The first-order valence-corrected chi connectivity index (χ1v) is 10.6. The van der Waals surface area contributed by atoms with Crippen LogP contribution in [-0.4, -0.2) is 45.1 Å². The molecule has 0 spiro atoms. The SMILES string of the molecule is Cc1nc(-c2cc(-c3cccc(C#N)c3)c3c(c2)N(C(=O)[C@@H]2CCCN2C#N)CC3)n[nH]1. The Kier molecular flexibility index (Phi) is 4.84. The van der Waals surface area contributed by atoms with Gasteiger partial charge in [-0.15, -0.1) is 0 Å². The lowest BCUT2D eigenvalue weighted by Gasteiger charge is -2.25. The van der Waals surface area contributed by atoms with E-state index in [2.05, 4.69) is 27.4 Å². The number of aromatic nitrogens is 3.